The summed E-state index contributed by atoms with van der Waals surface area (Å²) in [4.78, 5) is 19.3. The summed E-state index contributed by atoms with van der Waals surface area (Å²) >= 11 is 0. The fraction of sp³-hybridized carbons (Fsp3) is 0.0714. The van der Waals surface area contributed by atoms with Crippen LogP contribution in [0.5, 0.6) is 5.75 Å². The van der Waals surface area contributed by atoms with Gasteiger partial charge in [0.2, 0.25) is 5.95 Å². The molecular weight excluding hydrogens is 242 g/mol. The van der Waals surface area contributed by atoms with Crippen LogP contribution in [0, 0.1) is 0 Å². The minimum absolute atomic E-state index is 0.128. The molecule has 2 aromatic rings. The van der Waals surface area contributed by atoms with E-state index in [1.807, 2.05) is 30.3 Å². The highest BCUT2D eigenvalue weighted by molar-refractivity contribution is 5.89. The lowest BCUT2D eigenvalue weighted by Gasteiger charge is -2.06. The topological polar surface area (TPSA) is 78.1 Å². The summed E-state index contributed by atoms with van der Waals surface area (Å²) in [7, 11) is 0. The smallest absolute Gasteiger partial charge is 0.339 e. The Morgan fingerprint density at radius 3 is 2.47 bits per heavy atom. The lowest BCUT2D eigenvalue weighted by atomic mass is 10.1. The fourth-order valence-corrected chi connectivity index (χ4v) is 1.47. The maximum Gasteiger partial charge on any atom is 0.339 e. The number of esters is 1. The summed E-state index contributed by atoms with van der Waals surface area (Å²) in [6.07, 6.45) is 3.13. The van der Waals surface area contributed by atoms with E-state index in [0.717, 1.165) is 5.56 Å². The molecule has 2 N–H and O–H groups in total. The van der Waals surface area contributed by atoms with Crippen LogP contribution >= 0.6 is 0 Å². The highest BCUT2D eigenvalue weighted by Crippen LogP contribution is 2.12. The van der Waals surface area contributed by atoms with Gasteiger partial charge in [0.05, 0.1) is 12.4 Å². The molecule has 0 fully saturated rings. The van der Waals surface area contributed by atoms with Gasteiger partial charge in [-0.1, -0.05) is 36.9 Å². The number of nitrogens with zero attached hydrogens (tertiary/aromatic N) is 2. The molecule has 0 aliphatic rings. The molecule has 0 saturated heterocycles. The van der Waals surface area contributed by atoms with Crippen LogP contribution in [0.3, 0.4) is 0 Å². The Kier molecular flexibility index (Phi) is 3.87. The normalized spacial score (nSPS) is 9.89. The number of carbonyl (C=O) groups excluding carboxylic acids is 1. The first kappa shape index (κ1) is 12.8. The predicted molar refractivity (Wildman–Crippen MR) is 71.4 cm³/mol. The van der Waals surface area contributed by atoms with E-state index in [1.54, 1.807) is 0 Å². The summed E-state index contributed by atoms with van der Waals surface area (Å²) in [5, 5.41) is 0. The van der Waals surface area contributed by atoms with E-state index in [4.69, 9.17) is 10.5 Å². The maximum atomic E-state index is 11.8. The monoisotopic (exact) mass is 255 g/mol. The summed E-state index contributed by atoms with van der Waals surface area (Å²) < 4.78 is 5.08. The number of hydrogen-bond acceptors (Lipinski definition) is 5. The van der Waals surface area contributed by atoms with Crippen LogP contribution in [0.2, 0.25) is 0 Å². The molecule has 0 radical (unpaired) electrons. The fourth-order valence-electron chi connectivity index (χ4n) is 1.47. The molecule has 0 saturated carbocycles. The van der Waals surface area contributed by atoms with Crippen molar-refractivity contribution in [2.75, 3.05) is 5.73 Å². The molecule has 1 aromatic heterocycles. The largest absolute Gasteiger partial charge is 0.420 e. The number of carbonyl (C=O) groups is 1. The van der Waals surface area contributed by atoms with Crippen molar-refractivity contribution in [3.63, 3.8) is 0 Å². The molecule has 5 nitrogen and oxygen atoms in total. The summed E-state index contributed by atoms with van der Waals surface area (Å²) in [5.74, 6) is -0.131. The molecule has 1 heterocycles. The summed E-state index contributed by atoms with van der Waals surface area (Å²) in [5.41, 5.74) is 6.70. The van der Waals surface area contributed by atoms with E-state index >= 15 is 0 Å². The third-order valence-corrected chi connectivity index (χ3v) is 2.41. The van der Waals surface area contributed by atoms with Crippen molar-refractivity contribution in [2.45, 2.75) is 6.42 Å². The van der Waals surface area contributed by atoms with Crippen molar-refractivity contribution in [1.82, 2.24) is 9.97 Å². The van der Waals surface area contributed by atoms with Gasteiger partial charge >= 0.3 is 5.97 Å². The van der Waals surface area contributed by atoms with Crippen LogP contribution in [-0.2, 0) is 11.2 Å². The van der Waals surface area contributed by atoms with Crippen LogP contribution in [0.1, 0.15) is 5.56 Å². The molecule has 0 aliphatic carbocycles. The van der Waals surface area contributed by atoms with Crippen LogP contribution in [0.25, 0.3) is 0 Å². The Morgan fingerprint density at radius 2 is 1.84 bits per heavy atom. The molecule has 0 unspecified atom stereocenters. The van der Waals surface area contributed by atoms with Crippen molar-refractivity contribution in [3.8, 4) is 5.75 Å². The van der Waals surface area contributed by atoms with Crippen molar-refractivity contribution in [3.05, 3.63) is 60.4 Å². The third kappa shape index (κ3) is 3.64. The van der Waals surface area contributed by atoms with Gasteiger partial charge in [-0.2, -0.15) is 0 Å². The molecule has 0 bridgehead atoms. The highest BCUT2D eigenvalue weighted by atomic mass is 16.5. The molecule has 0 amide bonds. The van der Waals surface area contributed by atoms with Gasteiger partial charge in [0.25, 0.3) is 0 Å². The first-order valence-electron chi connectivity index (χ1n) is 5.66. The molecule has 5 heteroatoms. The molecule has 96 valence electrons. The van der Waals surface area contributed by atoms with E-state index in [0.29, 0.717) is 12.0 Å². The quantitative estimate of drug-likeness (QED) is 0.665. The second-order valence-corrected chi connectivity index (χ2v) is 3.93. The second-order valence-electron chi connectivity index (χ2n) is 3.93. The molecule has 1 aromatic carbocycles. The standard InChI is InChI=1S/C14H13N3O2/c1-10(7-11-5-3-2-4-6-11)13(18)19-12-8-16-14(15)17-9-12/h2-6,8-9H,1,7H2,(H2,15,16,17). The number of hydrogen-bond donors (Lipinski definition) is 1. The van der Waals surface area contributed by atoms with Gasteiger partial charge in [-0.3, -0.25) is 0 Å². The van der Waals surface area contributed by atoms with Crippen LogP contribution in [0.15, 0.2) is 54.9 Å². The Hall–Kier alpha value is -2.69. The van der Waals surface area contributed by atoms with Crippen LogP contribution < -0.4 is 10.5 Å². The SMILES string of the molecule is C=C(Cc1ccccc1)C(=O)Oc1cnc(N)nc1. The number of aromatic nitrogens is 2. The van der Waals surface area contributed by atoms with Crippen molar-refractivity contribution in [2.24, 2.45) is 0 Å². The Morgan fingerprint density at radius 1 is 1.21 bits per heavy atom. The summed E-state index contributed by atoms with van der Waals surface area (Å²) in [6.45, 7) is 3.72. The number of rotatable bonds is 4. The zero-order valence-corrected chi connectivity index (χ0v) is 10.2. The molecule has 19 heavy (non-hydrogen) atoms. The molecular formula is C14H13N3O2. The second kappa shape index (κ2) is 5.77. The molecule has 2 rings (SSSR count). The van der Waals surface area contributed by atoms with E-state index in [1.165, 1.54) is 12.4 Å². The van der Waals surface area contributed by atoms with Gasteiger partial charge in [0.1, 0.15) is 0 Å². The van der Waals surface area contributed by atoms with Crippen molar-refractivity contribution >= 4 is 11.9 Å². The van der Waals surface area contributed by atoms with E-state index in [9.17, 15) is 4.79 Å². The number of nitrogen functional groups attached to an aromatic ring is 1. The average molecular weight is 255 g/mol. The Bertz CT molecular complexity index is 579. The summed E-state index contributed by atoms with van der Waals surface area (Å²) in [6, 6.07) is 9.56. The van der Waals surface area contributed by atoms with Gasteiger partial charge in [0, 0.05) is 12.0 Å². The minimum Gasteiger partial charge on any atom is -0.420 e. The third-order valence-electron chi connectivity index (χ3n) is 2.41. The molecule has 0 spiro atoms. The average Bonchev–Trinajstić information content (AvgIpc) is 2.42. The maximum absolute atomic E-state index is 11.8. The first-order chi connectivity index (χ1) is 9.15. The van der Waals surface area contributed by atoms with Crippen LogP contribution in [0.4, 0.5) is 5.95 Å². The Balaban J connectivity index is 1.96. The number of nitrogens with two attached hydrogens (primary N) is 1. The zero-order chi connectivity index (χ0) is 13.7. The van der Waals surface area contributed by atoms with Gasteiger partial charge in [-0.25, -0.2) is 14.8 Å². The first-order valence-corrected chi connectivity index (χ1v) is 5.66. The van der Waals surface area contributed by atoms with Crippen LogP contribution in [-0.4, -0.2) is 15.9 Å². The Labute approximate surface area is 110 Å². The number of benzene rings is 1. The predicted octanol–water partition coefficient (Wildman–Crippen LogP) is 1.76. The van der Waals surface area contributed by atoms with Crippen molar-refractivity contribution < 1.29 is 9.53 Å². The van der Waals surface area contributed by atoms with Gasteiger partial charge in [-0.05, 0) is 5.56 Å². The van der Waals surface area contributed by atoms with Gasteiger partial charge < -0.3 is 10.5 Å². The highest BCUT2D eigenvalue weighted by Gasteiger charge is 2.11. The van der Waals surface area contributed by atoms with E-state index in [-0.39, 0.29) is 11.7 Å². The zero-order valence-electron chi connectivity index (χ0n) is 10.2. The minimum atomic E-state index is -0.503. The number of ether oxygens (including phenoxy) is 1. The van der Waals surface area contributed by atoms with E-state index < -0.39 is 5.97 Å². The lowest BCUT2D eigenvalue weighted by molar-refractivity contribution is -0.130. The van der Waals surface area contributed by atoms with Gasteiger partial charge in [-0.15, -0.1) is 0 Å². The number of anilines is 1. The van der Waals surface area contributed by atoms with Crippen molar-refractivity contribution in [1.29, 1.82) is 0 Å². The van der Waals surface area contributed by atoms with Gasteiger partial charge in [0.15, 0.2) is 5.75 Å². The van der Waals surface area contributed by atoms with E-state index in [2.05, 4.69) is 16.5 Å². The molecule has 0 aliphatic heterocycles. The molecule has 0 atom stereocenters. The lowest BCUT2D eigenvalue weighted by Crippen LogP contribution is -2.12.